The lowest BCUT2D eigenvalue weighted by molar-refractivity contribution is -0.120. The minimum atomic E-state index is -1.08. The molecule has 0 aliphatic carbocycles. The van der Waals surface area contributed by atoms with Crippen LogP contribution in [0.1, 0.15) is 36.9 Å². The van der Waals surface area contributed by atoms with E-state index in [1.807, 2.05) is 6.07 Å². The molecule has 2 aliphatic heterocycles. The number of fused-ring (bicyclic) bond motifs is 1. The third-order valence-electron chi connectivity index (χ3n) is 6.61. The molecule has 1 saturated heterocycles. The quantitative estimate of drug-likeness (QED) is 0.407. The Morgan fingerprint density at radius 3 is 2.69 bits per heavy atom. The van der Waals surface area contributed by atoms with Gasteiger partial charge in [-0.15, -0.1) is 0 Å². The summed E-state index contributed by atoms with van der Waals surface area (Å²) in [5, 5.41) is 5.95. The Bertz CT molecular complexity index is 934. The molecule has 172 valence electrons. The van der Waals surface area contributed by atoms with E-state index in [9.17, 15) is 9.35 Å². The molecule has 1 aromatic carbocycles. The lowest BCUT2D eigenvalue weighted by Crippen LogP contribution is -2.47. The smallest absolute Gasteiger partial charge is 0.227 e. The predicted octanol–water partition coefficient (Wildman–Crippen LogP) is 1.58. The van der Waals surface area contributed by atoms with Crippen LogP contribution in [0.15, 0.2) is 35.2 Å². The first-order valence-corrected chi connectivity index (χ1v) is 12.6. The molecule has 1 atom stereocenters. The maximum Gasteiger partial charge on any atom is 0.227 e. The van der Waals surface area contributed by atoms with Crippen molar-refractivity contribution >= 4 is 28.8 Å². The van der Waals surface area contributed by atoms with Crippen molar-refractivity contribution in [1.29, 1.82) is 0 Å². The molecule has 1 unspecified atom stereocenters. The largest absolute Gasteiger partial charge is 0.611 e. The van der Waals surface area contributed by atoms with Gasteiger partial charge in [0.25, 0.3) is 0 Å². The van der Waals surface area contributed by atoms with E-state index in [1.165, 1.54) is 5.56 Å². The predicted molar refractivity (Wildman–Crippen MR) is 127 cm³/mol. The molecular weight excluding hydrogens is 424 g/mol. The van der Waals surface area contributed by atoms with Gasteiger partial charge in [0, 0.05) is 51.5 Å². The molecule has 3 heterocycles. The summed E-state index contributed by atoms with van der Waals surface area (Å²) in [7, 11) is 1.64. The molecule has 0 saturated carbocycles. The molecule has 1 amide bonds. The molecule has 4 N–H and O–H groups in total. The zero-order chi connectivity index (χ0) is 22.6. The fourth-order valence-electron chi connectivity index (χ4n) is 4.56. The molecule has 2 aliphatic rings. The topological polar surface area (TPSA) is 119 Å². The number of aromatic nitrogens is 2. The normalized spacial score (nSPS) is 19.5. The van der Waals surface area contributed by atoms with Crippen LogP contribution in [0.2, 0.25) is 0 Å². The summed E-state index contributed by atoms with van der Waals surface area (Å²) >= 11 is -1.08. The van der Waals surface area contributed by atoms with Gasteiger partial charge in [-0.3, -0.25) is 4.79 Å². The van der Waals surface area contributed by atoms with Crippen LogP contribution in [0, 0.1) is 0 Å². The van der Waals surface area contributed by atoms with Gasteiger partial charge in [-0.1, -0.05) is 30.3 Å². The Hall–Kier alpha value is -2.36. The first-order valence-electron chi connectivity index (χ1n) is 11.3. The van der Waals surface area contributed by atoms with Gasteiger partial charge in [0.2, 0.25) is 16.8 Å². The van der Waals surface area contributed by atoms with Crippen LogP contribution in [0.25, 0.3) is 0 Å². The second-order valence-corrected chi connectivity index (χ2v) is 10.00. The van der Waals surface area contributed by atoms with E-state index in [4.69, 9.17) is 15.7 Å². The Kier molecular flexibility index (Phi) is 7.17. The Labute approximate surface area is 192 Å². The van der Waals surface area contributed by atoms with Gasteiger partial charge in [0.05, 0.1) is 0 Å². The monoisotopic (exact) mass is 456 g/mol. The highest BCUT2D eigenvalue weighted by Gasteiger charge is 2.37. The Morgan fingerprint density at radius 2 is 2.00 bits per heavy atom. The molecule has 32 heavy (non-hydrogen) atoms. The molecular formula is C23H32N6O2S. The van der Waals surface area contributed by atoms with Gasteiger partial charge in [-0.05, 0) is 36.0 Å². The maximum absolute atomic E-state index is 12.5. The van der Waals surface area contributed by atoms with E-state index >= 15 is 0 Å². The fraction of sp³-hybridized carbons (Fsp3) is 0.522. The number of carbonyl (C=O) groups is 1. The van der Waals surface area contributed by atoms with Gasteiger partial charge in [0.1, 0.15) is 11.4 Å². The van der Waals surface area contributed by atoms with Crippen LogP contribution in [0.3, 0.4) is 0 Å². The summed E-state index contributed by atoms with van der Waals surface area (Å²) in [6.45, 7) is 2.86. The standard InChI is InChI=1S/C23H32N6O2S/c1-25-19(30)8-5-12-26-21-20-18(9-15-32(20)31)27-22(28-21)29-13-10-23(16-24,11-14-29)17-6-3-2-4-7-17/h2-4,6-7H,5,8-16,24H2,1H3,(H,25,30)(H,26,27,28). The van der Waals surface area contributed by atoms with Crippen molar-refractivity contribution in [1.82, 2.24) is 15.3 Å². The van der Waals surface area contributed by atoms with Crippen molar-refractivity contribution in [3.8, 4) is 0 Å². The van der Waals surface area contributed by atoms with E-state index in [-0.39, 0.29) is 11.3 Å². The van der Waals surface area contributed by atoms with E-state index in [1.54, 1.807) is 7.05 Å². The van der Waals surface area contributed by atoms with E-state index in [0.717, 1.165) is 36.5 Å². The molecule has 1 aromatic heterocycles. The first kappa shape index (κ1) is 22.8. The maximum atomic E-state index is 12.5. The lowest BCUT2D eigenvalue weighted by atomic mass is 9.73. The molecule has 2 aromatic rings. The highest BCUT2D eigenvalue weighted by atomic mass is 32.2. The number of carbonyl (C=O) groups excluding carboxylic acids is 1. The average Bonchev–Trinajstić information content (AvgIpc) is 3.22. The second-order valence-electron chi connectivity index (χ2n) is 8.49. The molecule has 4 rings (SSSR count). The van der Waals surface area contributed by atoms with Crippen molar-refractivity contribution in [3.63, 3.8) is 0 Å². The Balaban J connectivity index is 1.49. The van der Waals surface area contributed by atoms with Crippen LogP contribution in [-0.4, -0.2) is 59.4 Å². The zero-order valence-corrected chi connectivity index (χ0v) is 19.4. The van der Waals surface area contributed by atoms with Crippen molar-refractivity contribution in [2.75, 3.05) is 49.2 Å². The van der Waals surface area contributed by atoms with Gasteiger partial charge in [-0.2, -0.15) is 4.98 Å². The van der Waals surface area contributed by atoms with Crippen LogP contribution in [0.5, 0.6) is 0 Å². The summed E-state index contributed by atoms with van der Waals surface area (Å²) in [4.78, 5) is 24.0. The number of amides is 1. The summed E-state index contributed by atoms with van der Waals surface area (Å²) in [6.07, 6.45) is 3.71. The van der Waals surface area contributed by atoms with Crippen molar-refractivity contribution in [2.45, 2.75) is 42.4 Å². The summed E-state index contributed by atoms with van der Waals surface area (Å²) < 4.78 is 12.5. The lowest BCUT2D eigenvalue weighted by Gasteiger charge is -2.41. The van der Waals surface area contributed by atoms with Crippen molar-refractivity contribution < 1.29 is 9.35 Å². The number of nitrogens with two attached hydrogens (primary N) is 1. The number of benzene rings is 1. The molecule has 0 radical (unpaired) electrons. The molecule has 0 bridgehead atoms. The minimum absolute atomic E-state index is 0.0131. The summed E-state index contributed by atoms with van der Waals surface area (Å²) in [6, 6.07) is 10.5. The first-order chi connectivity index (χ1) is 15.6. The third-order valence-corrected chi connectivity index (χ3v) is 8.07. The molecule has 0 spiro atoms. The van der Waals surface area contributed by atoms with Gasteiger partial charge in [0.15, 0.2) is 5.82 Å². The second kappa shape index (κ2) is 10.1. The number of hydrogen-bond acceptors (Lipinski definition) is 7. The fourth-order valence-corrected chi connectivity index (χ4v) is 5.89. The van der Waals surface area contributed by atoms with Gasteiger partial charge >= 0.3 is 0 Å². The number of nitrogens with zero attached hydrogens (tertiary/aromatic N) is 3. The van der Waals surface area contributed by atoms with Crippen molar-refractivity contribution in [3.05, 3.63) is 41.6 Å². The van der Waals surface area contributed by atoms with Gasteiger partial charge in [-0.25, -0.2) is 4.98 Å². The molecule has 9 heteroatoms. The van der Waals surface area contributed by atoms with E-state index < -0.39 is 11.2 Å². The van der Waals surface area contributed by atoms with Crippen molar-refractivity contribution in [2.24, 2.45) is 5.73 Å². The van der Waals surface area contributed by atoms with Crippen LogP contribution in [0.4, 0.5) is 11.8 Å². The van der Waals surface area contributed by atoms with Crippen LogP contribution in [-0.2, 0) is 27.8 Å². The number of aryl methyl sites for hydroxylation is 1. The van der Waals surface area contributed by atoms with Gasteiger partial charge < -0.3 is 25.8 Å². The average molecular weight is 457 g/mol. The molecule has 1 fully saturated rings. The third kappa shape index (κ3) is 4.69. The Morgan fingerprint density at radius 1 is 1.25 bits per heavy atom. The number of rotatable bonds is 8. The number of anilines is 2. The van der Waals surface area contributed by atoms with E-state index in [0.29, 0.717) is 49.9 Å². The highest BCUT2D eigenvalue weighted by Crippen LogP contribution is 2.37. The summed E-state index contributed by atoms with van der Waals surface area (Å²) in [5.74, 6) is 1.94. The highest BCUT2D eigenvalue weighted by molar-refractivity contribution is 7.91. The SMILES string of the molecule is CNC(=O)CCCNc1nc(N2CCC(CN)(c3ccccc3)CC2)nc2c1[S+]([O-])CC2. The molecule has 8 nitrogen and oxygen atoms in total. The zero-order valence-electron chi connectivity index (χ0n) is 18.6. The number of hydrogen-bond donors (Lipinski definition) is 3. The van der Waals surface area contributed by atoms with Crippen LogP contribution < -0.4 is 21.3 Å². The number of nitrogens with one attached hydrogen (secondary N) is 2. The minimum Gasteiger partial charge on any atom is -0.611 e. The summed E-state index contributed by atoms with van der Waals surface area (Å²) in [5.41, 5.74) is 8.40. The van der Waals surface area contributed by atoms with E-state index in [2.05, 4.69) is 39.8 Å². The van der Waals surface area contributed by atoms with Crippen LogP contribution >= 0.6 is 0 Å². The number of piperidine rings is 1.